The van der Waals surface area contributed by atoms with Gasteiger partial charge in [-0.25, -0.2) is 0 Å². The number of hydrogen-bond acceptors (Lipinski definition) is 3. The smallest absolute Gasteiger partial charge is 0.0897 e. The minimum Gasteiger partial charge on any atom is -0.389 e. The second kappa shape index (κ2) is 5.99. The van der Waals surface area contributed by atoms with Crippen molar-refractivity contribution in [3.63, 3.8) is 0 Å². The van der Waals surface area contributed by atoms with Gasteiger partial charge in [-0.1, -0.05) is 27.7 Å². The van der Waals surface area contributed by atoms with Crippen molar-refractivity contribution in [2.75, 3.05) is 26.3 Å². The fourth-order valence-electron chi connectivity index (χ4n) is 1.85. The van der Waals surface area contributed by atoms with Gasteiger partial charge in [0.2, 0.25) is 0 Å². The Morgan fingerprint density at radius 1 is 1.38 bits per heavy atom. The average molecular weight is 229 g/mol. The highest BCUT2D eigenvalue weighted by molar-refractivity contribution is 4.96. The number of aliphatic hydroxyl groups excluding tert-OH is 1. The summed E-state index contributed by atoms with van der Waals surface area (Å²) < 4.78 is 5.38. The van der Waals surface area contributed by atoms with Crippen LogP contribution in [0.2, 0.25) is 0 Å². The molecule has 1 fully saturated rings. The normalized spacial score (nSPS) is 24.8. The molecule has 0 radical (unpaired) electrons. The summed E-state index contributed by atoms with van der Waals surface area (Å²) in [6.45, 7) is 11.6. The maximum absolute atomic E-state index is 9.64. The zero-order valence-electron chi connectivity index (χ0n) is 11.1. The van der Waals surface area contributed by atoms with E-state index in [2.05, 4.69) is 33.0 Å². The predicted molar refractivity (Wildman–Crippen MR) is 66.4 cm³/mol. The lowest BCUT2D eigenvalue weighted by Gasteiger charge is -2.13. The molecule has 2 unspecified atom stereocenters. The van der Waals surface area contributed by atoms with Crippen molar-refractivity contribution in [1.82, 2.24) is 5.32 Å². The molecule has 1 aliphatic carbocycles. The Labute approximate surface area is 99.6 Å². The van der Waals surface area contributed by atoms with Crippen molar-refractivity contribution in [2.45, 2.75) is 40.2 Å². The van der Waals surface area contributed by atoms with E-state index >= 15 is 0 Å². The van der Waals surface area contributed by atoms with E-state index in [1.807, 2.05) is 0 Å². The first-order valence-electron chi connectivity index (χ1n) is 6.38. The molecule has 3 nitrogen and oxygen atoms in total. The Bertz CT molecular complexity index is 204. The van der Waals surface area contributed by atoms with Crippen LogP contribution in [0.5, 0.6) is 0 Å². The van der Waals surface area contributed by atoms with Gasteiger partial charge in [-0.2, -0.15) is 0 Å². The molecule has 0 spiro atoms. The fraction of sp³-hybridized carbons (Fsp3) is 1.00. The molecule has 2 atom stereocenters. The Kier molecular flexibility index (Phi) is 5.22. The molecule has 0 aromatic carbocycles. The van der Waals surface area contributed by atoms with Gasteiger partial charge >= 0.3 is 0 Å². The molecule has 0 aromatic rings. The quantitative estimate of drug-likeness (QED) is 0.665. The largest absolute Gasteiger partial charge is 0.389 e. The number of aliphatic hydroxyl groups is 1. The van der Waals surface area contributed by atoms with Crippen molar-refractivity contribution in [3.05, 3.63) is 0 Å². The molecule has 16 heavy (non-hydrogen) atoms. The first-order chi connectivity index (χ1) is 7.42. The van der Waals surface area contributed by atoms with E-state index in [0.717, 1.165) is 19.1 Å². The second-order valence-corrected chi connectivity index (χ2v) is 6.13. The lowest BCUT2D eigenvalue weighted by atomic mass is 10.1. The predicted octanol–water partition coefficient (Wildman–Crippen LogP) is 1.66. The minimum atomic E-state index is -0.374. The van der Waals surface area contributed by atoms with Crippen LogP contribution in [0.4, 0.5) is 0 Å². The molecule has 96 valence electrons. The number of ether oxygens (including phenoxy) is 1. The first kappa shape index (κ1) is 13.9. The van der Waals surface area contributed by atoms with Gasteiger partial charge < -0.3 is 15.2 Å². The third-order valence-corrected chi connectivity index (χ3v) is 3.25. The first-order valence-corrected chi connectivity index (χ1v) is 6.38. The van der Waals surface area contributed by atoms with Gasteiger partial charge in [-0.3, -0.25) is 0 Å². The van der Waals surface area contributed by atoms with Crippen molar-refractivity contribution < 1.29 is 9.84 Å². The van der Waals surface area contributed by atoms with Crippen molar-refractivity contribution in [2.24, 2.45) is 17.3 Å². The van der Waals surface area contributed by atoms with Crippen LogP contribution in [0.25, 0.3) is 0 Å². The third kappa shape index (κ3) is 5.28. The molecule has 0 heterocycles. The van der Waals surface area contributed by atoms with Gasteiger partial charge in [-0.05, 0) is 30.2 Å². The van der Waals surface area contributed by atoms with Crippen LogP contribution in [0.1, 0.15) is 34.1 Å². The molecule has 3 heteroatoms. The van der Waals surface area contributed by atoms with Gasteiger partial charge in [0.25, 0.3) is 0 Å². The Balaban J connectivity index is 1.92. The zero-order chi connectivity index (χ0) is 12.2. The van der Waals surface area contributed by atoms with Gasteiger partial charge in [-0.15, -0.1) is 0 Å². The van der Waals surface area contributed by atoms with Crippen molar-refractivity contribution >= 4 is 0 Å². The van der Waals surface area contributed by atoms with Crippen LogP contribution >= 0.6 is 0 Å². The summed E-state index contributed by atoms with van der Waals surface area (Å²) in [5.41, 5.74) is 0.520. The van der Waals surface area contributed by atoms with Crippen LogP contribution in [-0.2, 0) is 4.74 Å². The van der Waals surface area contributed by atoms with Crippen molar-refractivity contribution in [3.8, 4) is 0 Å². The molecule has 1 aliphatic rings. The highest BCUT2D eigenvalue weighted by Crippen LogP contribution is 2.50. The average Bonchev–Trinajstić information content (AvgIpc) is 2.73. The maximum Gasteiger partial charge on any atom is 0.0897 e. The monoisotopic (exact) mass is 229 g/mol. The summed E-state index contributed by atoms with van der Waals surface area (Å²) in [7, 11) is 0. The van der Waals surface area contributed by atoms with E-state index < -0.39 is 0 Å². The lowest BCUT2D eigenvalue weighted by molar-refractivity contribution is 0.0260. The van der Waals surface area contributed by atoms with Crippen LogP contribution in [-0.4, -0.2) is 37.5 Å². The van der Waals surface area contributed by atoms with Crippen LogP contribution in [0.15, 0.2) is 0 Å². The molecule has 1 rings (SSSR count). The maximum atomic E-state index is 9.64. The molecule has 0 aromatic heterocycles. The molecule has 0 saturated heterocycles. The summed E-state index contributed by atoms with van der Waals surface area (Å²) >= 11 is 0. The highest BCUT2D eigenvalue weighted by atomic mass is 16.5. The van der Waals surface area contributed by atoms with Crippen LogP contribution in [0.3, 0.4) is 0 Å². The van der Waals surface area contributed by atoms with Gasteiger partial charge in [0.1, 0.15) is 0 Å². The Hall–Kier alpha value is -0.120. The summed E-state index contributed by atoms with van der Waals surface area (Å²) in [6.07, 6.45) is 0.931. The summed E-state index contributed by atoms with van der Waals surface area (Å²) in [4.78, 5) is 0. The topological polar surface area (TPSA) is 41.5 Å². The van der Waals surface area contributed by atoms with E-state index in [-0.39, 0.29) is 6.10 Å². The molecule has 0 aliphatic heterocycles. The number of nitrogens with one attached hydrogen (secondary N) is 1. The minimum absolute atomic E-state index is 0.374. The summed E-state index contributed by atoms with van der Waals surface area (Å²) in [5.74, 6) is 1.32. The van der Waals surface area contributed by atoms with E-state index in [1.165, 1.54) is 6.42 Å². The lowest BCUT2D eigenvalue weighted by Crippen LogP contribution is -2.32. The molecule has 1 saturated carbocycles. The Morgan fingerprint density at radius 2 is 2.00 bits per heavy atom. The molecule has 0 amide bonds. The summed E-state index contributed by atoms with van der Waals surface area (Å²) in [5, 5.41) is 12.9. The fourth-order valence-corrected chi connectivity index (χ4v) is 1.85. The molecular weight excluding hydrogens is 202 g/mol. The van der Waals surface area contributed by atoms with Gasteiger partial charge in [0.15, 0.2) is 0 Å². The number of hydrogen-bond donors (Lipinski definition) is 2. The molecule has 2 N–H and O–H groups in total. The van der Waals surface area contributed by atoms with E-state index in [4.69, 9.17) is 4.74 Å². The van der Waals surface area contributed by atoms with E-state index in [0.29, 0.717) is 24.5 Å². The van der Waals surface area contributed by atoms with Gasteiger partial charge in [0, 0.05) is 13.2 Å². The van der Waals surface area contributed by atoms with Gasteiger partial charge in [0.05, 0.1) is 12.7 Å². The van der Waals surface area contributed by atoms with E-state index in [9.17, 15) is 5.11 Å². The Morgan fingerprint density at radius 3 is 2.50 bits per heavy atom. The SMILES string of the molecule is CC(C)COCC(O)CNCC1CC1(C)C. The zero-order valence-corrected chi connectivity index (χ0v) is 11.1. The van der Waals surface area contributed by atoms with Crippen molar-refractivity contribution in [1.29, 1.82) is 0 Å². The number of rotatable bonds is 8. The van der Waals surface area contributed by atoms with Crippen LogP contribution < -0.4 is 5.32 Å². The molecular formula is C13H27NO2. The van der Waals surface area contributed by atoms with E-state index in [1.54, 1.807) is 0 Å². The molecule has 0 bridgehead atoms. The van der Waals surface area contributed by atoms with Crippen LogP contribution in [0, 0.1) is 17.3 Å². The standard InChI is InChI=1S/C13H27NO2/c1-10(2)8-16-9-12(15)7-14-6-11-5-13(11,3)4/h10-12,14-15H,5-9H2,1-4H3. The summed E-state index contributed by atoms with van der Waals surface area (Å²) in [6, 6.07) is 0. The third-order valence-electron chi connectivity index (χ3n) is 3.25. The second-order valence-electron chi connectivity index (χ2n) is 6.13. The highest BCUT2D eigenvalue weighted by Gasteiger charge is 2.44.